The predicted octanol–water partition coefficient (Wildman–Crippen LogP) is 4.01. The summed E-state index contributed by atoms with van der Waals surface area (Å²) >= 11 is 6.29. The second kappa shape index (κ2) is 9.49. The molecule has 0 aliphatic rings. The topological polar surface area (TPSA) is 99.2 Å². The molecule has 0 spiro atoms. The maximum absolute atomic E-state index is 13.3. The van der Waals surface area contributed by atoms with E-state index in [-0.39, 0.29) is 5.56 Å². The highest BCUT2D eigenvalue weighted by molar-refractivity contribution is 6.35. The quantitative estimate of drug-likeness (QED) is 0.562. The average Bonchev–Trinajstić information content (AvgIpc) is 2.71. The van der Waals surface area contributed by atoms with Crippen LogP contribution in [0.4, 0.5) is 4.79 Å². The fourth-order valence-electron chi connectivity index (χ4n) is 3.25. The highest BCUT2D eigenvalue weighted by Crippen LogP contribution is 2.23. The van der Waals surface area contributed by atoms with Gasteiger partial charge in [-0.1, -0.05) is 48.0 Å². The van der Waals surface area contributed by atoms with Gasteiger partial charge in [0.05, 0.1) is 22.0 Å². The lowest BCUT2D eigenvalue weighted by Crippen LogP contribution is -2.34. The molecule has 7 nitrogen and oxygen atoms in total. The summed E-state index contributed by atoms with van der Waals surface area (Å²) < 4.78 is 6.78. The number of rotatable bonds is 6. The summed E-state index contributed by atoms with van der Waals surface area (Å²) in [5, 5.41) is 3.40. The number of aromatic nitrogens is 2. The molecule has 164 valence electrons. The zero-order valence-electron chi connectivity index (χ0n) is 17.9. The Morgan fingerprint density at radius 3 is 2.58 bits per heavy atom. The van der Waals surface area contributed by atoms with Crippen molar-refractivity contribution in [1.29, 1.82) is 0 Å². The van der Waals surface area contributed by atoms with Crippen LogP contribution in [0.2, 0.25) is 5.02 Å². The minimum absolute atomic E-state index is 0.255. The summed E-state index contributed by atoms with van der Waals surface area (Å²) in [4.78, 5) is 29.8. The second-order valence-electron chi connectivity index (χ2n) is 8.23. The molecule has 1 heterocycles. The highest BCUT2D eigenvalue weighted by Gasteiger charge is 2.20. The fourth-order valence-corrected chi connectivity index (χ4v) is 3.50. The maximum Gasteiger partial charge on any atom is 0.407 e. The van der Waals surface area contributed by atoms with E-state index in [0.29, 0.717) is 41.3 Å². The lowest BCUT2D eigenvalue weighted by atomic mass is 10.1. The van der Waals surface area contributed by atoms with E-state index in [2.05, 4.69) is 10.3 Å². The van der Waals surface area contributed by atoms with Crippen molar-refractivity contribution in [3.05, 3.63) is 75.3 Å². The first-order valence-electron chi connectivity index (χ1n) is 10.1. The number of halogens is 1. The van der Waals surface area contributed by atoms with Crippen LogP contribution in [0.5, 0.6) is 0 Å². The van der Waals surface area contributed by atoms with Crippen molar-refractivity contribution >= 4 is 28.6 Å². The normalized spacial score (nSPS) is 12.5. The van der Waals surface area contributed by atoms with Crippen LogP contribution in [0.25, 0.3) is 10.9 Å². The highest BCUT2D eigenvalue weighted by atomic mass is 35.5. The van der Waals surface area contributed by atoms with Crippen LogP contribution >= 0.6 is 11.6 Å². The maximum atomic E-state index is 13.3. The molecule has 8 heteroatoms. The first-order chi connectivity index (χ1) is 14.7. The second-order valence-corrected chi connectivity index (χ2v) is 8.64. The number of carbonyl (C=O) groups excluding carboxylic acids is 1. The van der Waals surface area contributed by atoms with Gasteiger partial charge in [-0.25, -0.2) is 9.78 Å². The van der Waals surface area contributed by atoms with Crippen LogP contribution in [-0.4, -0.2) is 27.8 Å². The van der Waals surface area contributed by atoms with E-state index >= 15 is 0 Å². The van der Waals surface area contributed by atoms with E-state index in [4.69, 9.17) is 22.1 Å². The van der Waals surface area contributed by atoms with Crippen molar-refractivity contribution in [2.75, 3.05) is 6.54 Å². The Morgan fingerprint density at radius 1 is 1.19 bits per heavy atom. The molecule has 2 aromatic carbocycles. The molecule has 0 saturated carbocycles. The van der Waals surface area contributed by atoms with Crippen LogP contribution in [-0.2, 0) is 11.3 Å². The molecule has 0 aliphatic carbocycles. The van der Waals surface area contributed by atoms with Gasteiger partial charge in [0.25, 0.3) is 5.56 Å². The molecule has 1 atom stereocenters. The number of amides is 1. The molecule has 3 aromatic rings. The standard InChI is InChI=1S/C23H27ClN4O3/c1-23(2,3)31-22(30)26-13-8-14-28-20(19(25)15-9-5-4-6-10-15)27-17-12-7-11-16(24)18(17)21(28)29/h4-7,9-12,19H,8,13-14,25H2,1-3H3,(H,26,30). The van der Waals surface area contributed by atoms with Gasteiger partial charge < -0.3 is 15.8 Å². The Labute approximate surface area is 186 Å². The molecule has 3 rings (SSSR count). The monoisotopic (exact) mass is 442 g/mol. The van der Waals surface area contributed by atoms with Crippen LogP contribution in [0.3, 0.4) is 0 Å². The van der Waals surface area contributed by atoms with Crippen molar-refractivity contribution in [2.45, 2.75) is 45.4 Å². The zero-order valence-corrected chi connectivity index (χ0v) is 18.6. The van der Waals surface area contributed by atoms with Crippen LogP contribution in [0, 0.1) is 0 Å². The van der Waals surface area contributed by atoms with Crippen molar-refractivity contribution in [3.8, 4) is 0 Å². The summed E-state index contributed by atoms with van der Waals surface area (Å²) in [5.41, 5.74) is 7.01. The average molecular weight is 443 g/mol. The van der Waals surface area contributed by atoms with E-state index < -0.39 is 17.7 Å². The van der Waals surface area contributed by atoms with Gasteiger partial charge in [-0.15, -0.1) is 0 Å². The Kier molecular flexibility index (Phi) is 6.97. The molecule has 0 radical (unpaired) electrons. The molecular formula is C23H27ClN4O3. The van der Waals surface area contributed by atoms with E-state index in [1.807, 2.05) is 30.3 Å². The Hall–Kier alpha value is -2.90. The number of alkyl carbamates (subject to hydrolysis) is 1. The third kappa shape index (κ3) is 5.62. The molecule has 31 heavy (non-hydrogen) atoms. The van der Waals surface area contributed by atoms with E-state index in [1.165, 1.54) is 0 Å². The molecule has 0 fully saturated rings. The lowest BCUT2D eigenvalue weighted by molar-refractivity contribution is 0.0526. The fraction of sp³-hybridized carbons (Fsp3) is 0.348. The number of hydrogen-bond acceptors (Lipinski definition) is 5. The first-order valence-corrected chi connectivity index (χ1v) is 10.5. The summed E-state index contributed by atoms with van der Waals surface area (Å²) in [6.07, 6.45) is -0.00795. The molecular weight excluding hydrogens is 416 g/mol. The number of fused-ring (bicyclic) bond motifs is 1. The van der Waals surface area contributed by atoms with Gasteiger partial charge in [0.1, 0.15) is 11.4 Å². The van der Waals surface area contributed by atoms with Gasteiger partial charge in [0, 0.05) is 13.1 Å². The predicted molar refractivity (Wildman–Crippen MR) is 122 cm³/mol. The van der Waals surface area contributed by atoms with Crippen LogP contribution < -0.4 is 16.6 Å². The number of nitrogens with two attached hydrogens (primary N) is 1. The van der Waals surface area contributed by atoms with Gasteiger partial charge in [-0.3, -0.25) is 9.36 Å². The number of nitrogens with zero attached hydrogens (tertiary/aromatic N) is 2. The number of carbonyl (C=O) groups is 1. The minimum atomic E-state index is -0.587. The molecule has 1 aromatic heterocycles. The molecule has 0 saturated heterocycles. The van der Waals surface area contributed by atoms with Crippen molar-refractivity contribution < 1.29 is 9.53 Å². The number of nitrogens with one attached hydrogen (secondary N) is 1. The largest absolute Gasteiger partial charge is 0.444 e. The Balaban J connectivity index is 1.89. The zero-order chi connectivity index (χ0) is 22.6. The summed E-state index contributed by atoms with van der Waals surface area (Å²) in [6, 6.07) is 14.1. The Morgan fingerprint density at radius 2 is 1.90 bits per heavy atom. The van der Waals surface area contributed by atoms with E-state index in [1.54, 1.807) is 43.5 Å². The molecule has 0 bridgehead atoms. The van der Waals surface area contributed by atoms with Crippen molar-refractivity contribution in [3.63, 3.8) is 0 Å². The van der Waals surface area contributed by atoms with Crippen LogP contribution in [0.1, 0.15) is 44.6 Å². The molecule has 3 N–H and O–H groups in total. The Bertz CT molecular complexity index is 1120. The van der Waals surface area contributed by atoms with Crippen molar-refractivity contribution in [1.82, 2.24) is 14.9 Å². The van der Waals surface area contributed by atoms with Gasteiger partial charge in [0.15, 0.2) is 0 Å². The first kappa shape index (κ1) is 22.8. The van der Waals surface area contributed by atoms with Crippen LogP contribution in [0.15, 0.2) is 53.3 Å². The third-order valence-electron chi connectivity index (χ3n) is 4.63. The summed E-state index contributed by atoms with van der Waals surface area (Å²) in [7, 11) is 0. The molecule has 0 aliphatic heterocycles. The summed E-state index contributed by atoms with van der Waals surface area (Å²) in [5.74, 6) is 0.447. The van der Waals surface area contributed by atoms with Gasteiger partial charge in [-0.05, 0) is 44.9 Å². The van der Waals surface area contributed by atoms with Gasteiger partial charge in [-0.2, -0.15) is 0 Å². The molecule has 1 amide bonds. The van der Waals surface area contributed by atoms with Gasteiger partial charge >= 0.3 is 6.09 Å². The number of benzene rings is 2. The smallest absolute Gasteiger partial charge is 0.407 e. The van der Waals surface area contributed by atoms with Crippen molar-refractivity contribution in [2.24, 2.45) is 5.73 Å². The number of hydrogen-bond donors (Lipinski definition) is 2. The third-order valence-corrected chi connectivity index (χ3v) is 4.94. The SMILES string of the molecule is CC(C)(C)OC(=O)NCCCn1c(C(N)c2ccccc2)nc2cccc(Cl)c2c1=O. The number of ether oxygens (including phenoxy) is 1. The van der Waals surface area contributed by atoms with E-state index in [9.17, 15) is 9.59 Å². The molecule has 1 unspecified atom stereocenters. The van der Waals surface area contributed by atoms with Gasteiger partial charge in [0.2, 0.25) is 0 Å². The lowest BCUT2D eigenvalue weighted by Gasteiger charge is -2.20. The minimum Gasteiger partial charge on any atom is -0.444 e. The van der Waals surface area contributed by atoms with E-state index in [0.717, 1.165) is 5.56 Å². The summed E-state index contributed by atoms with van der Waals surface area (Å²) in [6.45, 7) is 6.05.